The Morgan fingerprint density at radius 2 is 2.37 bits per heavy atom. The molecule has 0 saturated heterocycles. The predicted molar refractivity (Wildman–Crippen MR) is 74.7 cm³/mol. The van der Waals surface area contributed by atoms with Crippen LogP contribution >= 0.6 is 0 Å². The number of hydrogen-bond donors (Lipinski definition) is 1. The van der Waals surface area contributed by atoms with Crippen molar-refractivity contribution in [3.8, 4) is 0 Å². The van der Waals surface area contributed by atoms with Gasteiger partial charge in [0.15, 0.2) is 0 Å². The Labute approximate surface area is 115 Å². The molecule has 2 aliphatic carbocycles. The lowest BCUT2D eigenvalue weighted by atomic mass is 9.89. The van der Waals surface area contributed by atoms with Gasteiger partial charge in [-0.15, -0.1) is 0 Å². The van der Waals surface area contributed by atoms with E-state index in [2.05, 4.69) is 21.1 Å². The zero-order chi connectivity index (χ0) is 13.1. The first kappa shape index (κ1) is 13.1. The van der Waals surface area contributed by atoms with Crippen molar-refractivity contribution >= 4 is 0 Å². The first-order chi connectivity index (χ1) is 9.36. The van der Waals surface area contributed by atoms with E-state index >= 15 is 0 Å². The van der Waals surface area contributed by atoms with Crippen LogP contribution in [0.1, 0.15) is 31.5 Å². The summed E-state index contributed by atoms with van der Waals surface area (Å²) >= 11 is 0. The zero-order valence-corrected chi connectivity index (χ0v) is 11.8. The van der Waals surface area contributed by atoms with Gasteiger partial charge < -0.3 is 14.6 Å². The Morgan fingerprint density at radius 3 is 3.11 bits per heavy atom. The van der Waals surface area contributed by atoms with Gasteiger partial charge in [0.2, 0.25) is 0 Å². The number of nitrogens with one attached hydrogen (secondary N) is 1. The maximum atomic E-state index is 5.04. The third kappa shape index (κ3) is 3.00. The Balaban J connectivity index is 1.52. The third-order valence-corrected chi connectivity index (χ3v) is 4.88. The number of fused-ring (bicyclic) bond motifs is 2. The van der Waals surface area contributed by atoms with Gasteiger partial charge in [0, 0.05) is 32.6 Å². The van der Waals surface area contributed by atoms with Gasteiger partial charge in [0.1, 0.15) is 5.82 Å². The average Bonchev–Trinajstić information content (AvgIpc) is 3.12. The fourth-order valence-corrected chi connectivity index (χ4v) is 3.90. The molecule has 3 atom stereocenters. The highest BCUT2D eigenvalue weighted by Gasteiger charge is 2.39. The molecule has 2 fully saturated rings. The fraction of sp³-hybridized carbons (Fsp3) is 0.800. The van der Waals surface area contributed by atoms with Gasteiger partial charge in [-0.1, -0.05) is 6.42 Å². The molecule has 1 heterocycles. The molecule has 0 radical (unpaired) electrons. The van der Waals surface area contributed by atoms with Crippen molar-refractivity contribution in [2.45, 2.75) is 38.8 Å². The first-order valence-corrected chi connectivity index (χ1v) is 7.56. The van der Waals surface area contributed by atoms with Crippen LogP contribution in [-0.2, 0) is 17.8 Å². The van der Waals surface area contributed by atoms with Crippen LogP contribution in [0.2, 0.25) is 0 Å². The predicted octanol–water partition coefficient (Wildman–Crippen LogP) is 2.06. The molecule has 2 saturated carbocycles. The van der Waals surface area contributed by atoms with E-state index in [0.29, 0.717) is 0 Å². The summed E-state index contributed by atoms with van der Waals surface area (Å²) in [7, 11) is 1.73. The number of nitrogens with zero attached hydrogens (tertiary/aromatic N) is 2. The van der Waals surface area contributed by atoms with Crippen molar-refractivity contribution in [2.75, 3.05) is 20.3 Å². The molecular formula is C15H25N3O. The smallest absolute Gasteiger partial charge is 0.122 e. The molecule has 1 aromatic rings. The third-order valence-electron chi connectivity index (χ3n) is 4.88. The summed E-state index contributed by atoms with van der Waals surface area (Å²) in [6.07, 6.45) is 9.95. The van der Waals surface area contributed by atoms with Crippen LogP contribution in [0.15, 0.2) is 12.4 Å². The molecule has 2 bridgehead atoms. The maximum Gasteiger partial charge on any atom is 0.122 e. The minimum absolute atomic E-state index is 0.757. The Morgan fingerprint density at radius 1 is 1.42 bits per heavy atom. The van der Waals surface area contributed by atoms with E-state index in [4.69, 9.17) is 4.74 Å². The van der Waals surface area contributed by atoms with E-state index in [1.807, 2.05) is 6.20 Å². The molecule has 0 spiro atoms. The summed E-state index contributed by atoms with van der Waals surface area (Å²) in [5.74, 6) is 4.08. The molecule has 3 unspecified atom stereocenters. The highest BCUT2D eigenvalue weighted by Crippen LogP contribution is 2.48. The fourth-order valence-electron chi connectivity index (χ4n) is 3.90. The number of rotatable bonds is 7. The number of ether oxygens (including phenoxy) is 1. The van der Waals surface area contributed by atoms with Crippen molar-refractivity contribution in [1.29, 1.82) is 0 Å². The lowest BCUT2D eigenvalue weighted by Gasteiger charge is -2.22. The molecule has 4 heteroatoms. The molecule has 106 valence electrons. The summed E-state index contributed by atoms with van der Waals surface area (Å²) in [6, 6.07) is 0. The normalized spacial score (nSPS) is 29.2. The summed E-state index contributed by atoms with van der Waals surface area (Å²) < 4.78 is 7.40. The van der Waals surface area contributed by atoms with Crippen LogP contribution in [0.4, 0.5) is 0 Å². The number of methoxy groups -OCH3 is 1. The summed E-state index contributed by atoms with van der Waals surface area (Å²) in [5, 5.41) is 3.38. The van der Waals surface area contributed by atoms with Crippen LogP contribution in [-0.4, -0.2) is 29.8 Å². The van der Waals surface area contributed by atoms with Crippen molar-refractivity contribution in [1.82, 2.24) is 14.9 Å². The van der Waals surface area contributed by atoms with Crippen LogP contribution in [0.3, 0.4) is 0 Å². The Kier molecular flexibility index (Phi) is 4.18. The molecule has 2 aliphatic rings. The lowest BCUT2D eigenvalue weighted by Crippen LogP contribution is -2.23. The summed E-state index contributed by atoms with van der Waals surface area (Å²) in [6.45, 7) is 3.66. The number of imidazole rings is 1. The molecule has 0 aromatic carbocycles. The van der Waals surface area contributed by atoms with Crippen LogP contribution < -0.4 is 5.32 Å². The highest BCUT2D eigenvalue weighted by molar-refractivity contribution is 4.96. The molecule has 0 amide bonds. The second kappa shape index (κ2) is 6.06. The van der Waals surface area contributed by atoms with Gasteiger partial charge in [-0.3, -0.25) is 0 Å². The van der Waals surface area contributed by atoms with Gasteiger partial charge in [-0.2, -0.15) is 0 Å². The minimum atomic E-state index is 0.757. The monoisotopic (exact) mass is 263 g/mol. The standard InChI is InChI=1S/C15H25N3O/c1-19-7-5-16-10-15-17-4-6-18(15)11-14-9-12-2-3-13(14)8-12/h4,6,12-14,16H,2-3,5,7-11H2,1H3. The molecule has 19 heavy (non-hydrogen) atoms. The van der Waals surface area contributed by atoms with E-state index in [1.54, 1.807) is 7.11 Å². The highest BCUT2D eigenvalue weighted by atomic mass is 16.5. The van der Waals surface area contributed by atoms with Crippen molar-refractivity contribution in [3.63, 3.8) is 0 Å². The lowest BCUT2D eigenvalue weighted by molar-refractivity contribution is 0.198. The maximum absolute atomic E-state index is 5.04. The summed E-state index contributed by atoms with van der Waals surface area (Å²) in [5.41, 5.74) is 0. The van der Waals surface area contributed by atoms with Crippen molar-refractivity contribution in [2.24, 2.45) is 17.8 Å². The summed E-state index contributed by atoms with van der Waals surface area (Å²) in [4.78, 5) is 4.48. The topological polar surface area (TPSA) is 39.1 Å². The zero-order valence-electron chi connectivity index (χ0n) is 11.8. The minimum Gasteiger partial charge on any atom is -0.383 e. The second-order valence-electron chi connectivity index (χ2n) is 6.10. The molecule has 3 rings (SSSR count). The van der Waals surface area contributed by atoms with Gasteiger partial charge in [-0.25, -0.2) is 4.98 Å². The van der Waals surface area contributed by atoms with E-state index in [0.717, 1.165) is 37.5 Å². The quantitative estimate of drug-likeness (QED) is 0.765. The van der Waals surface area contributed by atoms with Crippen LogP contribution in [0, 0.1) is 17.8 Å². The van der Waals surface area contributed by atoms with Crippen LogP contribution in [0.25, 0.3) is 0 Å². The largest absolute Gasteiger partial charge is 0.383 e. The second-order valence-corrected chi connectivity index (χ2v) is 6.10. The van der Waals surface area contributed by atoms with Gasteiger partial charge >= 0.3 is 0 Å². The van der Waals surface area contributed by atoms with E-state index in [9.17, 15) is 0 Å². The molecule has 1 aromatic heterocycles. The van der Waals surface area contributed by atoms with Gasteiger partial charge in [0.25, 0.3) is 0 Å². The van der Waals surface area contributed by atoms with E-state index < -0.39 is 0 Å². The Bertz CT molecular complexity index is 404. The molecular weight excluding hydrogens is 238 g/mol. The first-order valence-electron chi connectivity index (χ1n) is 7.56. The number of aromatic nitrogens is 2. The van der Waals surface area contributed by atoms with Crippen LogP contribution in [0.5, 0.6) is 0 Å². The van der Waals surface area contributed by atoms with Gasteiger partial charge in [0.05, 0.1) is 13.2 Å². The van der Waals surface area contributed by atoms with Crippen molar-refractivity contribution < 1.29 is 4.74 Å². The van der Waals surface area contributed by atoms with E-state index in [-0.39, 0.29) is 0 Å². The average molecular weight is 263 g/mol. The van der Waals surface area contributed by atoms with E-state index in [1.165, 1.54) is 38.1 Å². The Hall–Kier alpha value is -0.870. The van der Waals surface area contributed by atoms with Crippen molar-refractivity contribution in [3.05, 3.63) is 18.2 Å². The SMILES string of the molecule is COCCNCc1nccn1CC1CC2CCC1C2. The van der Waals surface area contributed by atoms with Gasteiger partial charge in [-0.05, 0) is 37.0 Å². The number of hydrogen-bond acceptors (Lipinski definition) is 3. The molecule has 4 nitrogen and oxygen atoms in total. The molecule has 1 N–H and O–H groups in total. The molecule has 0 aliphatic heterocycles.